The maximum Gasteiger partial charge on any atom is 0.327 e. The molecule has 0 bridgehead atoms. The maximum absolute atomic E-state index is 11.5. The lowest BCUT2D eigenvalue weighted by atomic mass is 10.2. The van der Waals surface area contributed by atoms with Gasteiger partial charge in [-0.3, -0.25) is 14.8 Å². The van der Waals surface area contributed by atoms with Gasteiger partial charge >= 0.3 is 5.69 Å². The van der Waals surface area contributed by atoms with E-state index in [9.17, 15) is 9.59 Å². The van der Waals surface area contributed by atoms with E-state index in [0.29, 0.717) is 17.0 Å². The number of imidazole rings is 1. The van der Waals surface area contributed by atoms with E-state index in [1.54, 1.807) is 0 Å². The summed E-state index contributed by atoms with van der Waals surface area (Å²) in [7, 11) is 0. The fourth-order valence-corrected chi connectivity index (χ4v) is 2.03. The highest BCUT2D eigenvalue weighted by Crippen LogP contribution is 2.20. The van der Waals surface area contributed by atoms with Crippen molar-refractivity contribution in [1.29, 1.82) is 0 Å². The Morgan fingerprint density at radius 3 is 2.81 bits per heavy atom. The molecule has 1 atom stereocenters. The highest BCUT2D eigenvalue weighted by molar-refractivity contribution is 5.68. The van der Waals surface area contributed by atoms with Crippen LogP contribution >= 0.6 is 0 Å². The molecule has 1 fully saturated rings. The molecule has 1 unspecified atom stereocenters. The van der Waals surface area contributed by atoms with Gasteiger partial charge in [-0.05, 0) is 19.4 Å². The minimum absolute atomic E-state index is 0.148. The molecule has 0 aliphatic carbocycles. The van der Waals surface area contributed by atoms with Crippen LogP contribution in [-0.2, 0) is 0 Å². The van der Waals surface area contributed by atoms with Crippen LogP contribution in [0.15, 0.2) is 9.59 Å². The van der Waals surface area contributed by atoms with E-state index in [2.05, 4.69) is 25.3 Å². The van der Waals surface area contributed by atoms with E-state index in [-0.39, 0.29) is 6.04 Å². The van der Waals surface area contributed by atoms with Gasteiger partial charge in [-0.1, -0.05) is 0 Å². The molecule has 4 N–H and O–H groups in total. The number of aromatic amines is 3. The lowest BCUT2D eigenvalue weighted by Crippen LogP contribution is -2.21. The third-order valence-electron chi connectivity index (χ3n) is 2.80. The first kappa shape index (κ1) is 9.34. The minimum Gasteiger partial charge on any atom is -0.335 e. The largest absolute Gasteiger partial charge is 0.335 e. The molecule has 3 rings (SSSR count). The zero-order chi connectivity index (χ0) is 11.1. The molecule has 1 aliphatic heterocycles. The van der Waals surface area contributed by atoms with Gasteiger partial charge in [-0.25, -0.2) is 9.78 Å². The number of nitrogens with one attached hydrogen (secondary N) is 4. The van der Waals surface area contributed by atoms with Crippen molar-refractivity contribution >= 4 is 11.2 Å². The Bertz CT molecular complexity index is 631. The molecule has 0 aromatic carbocycles. The first-order chi connectivity index (χ1) is 7.74. The molecule has 0 amide bonds. The molecule has 7 heteroatoms. The van der Waals surface area contributed by atoms with Gasteiger partial charge in [-0.2, -0.15) is 0 Å². The van der Waals surface area contributed by atoms with Crippen molar-refractivity contribution in [3.05, 3.63) is 26.7 Å². The number of rotatable bonds is 1. The van der Waals surface area contributed by atoms with Crippen LogP contribution < -0.4 is 16.6 Å². The summed E-state index contributed by atoms with van der Waals surface area (Å²) in [4.78, 5) is 34.3. The van der Waals surface area contributed by atoms with Crippen LogP contribution in [0.1, 0.15) is 24.7 Å². The lowest BCUT2D eigenvalue weighted by molar-refractivity contribution is 0.614. The molecule has 1 aliphatic rings. The molecule has 84 valence electrons. The minimum atomic E-state index is -0.532. The van der Waals surface area contributed by atoms with E-state index in [4.69, 9.17) is 0 Å². The summed E-state index contributed by atoms with van der Waals surface area (Å²) in [5.41, 5.74) is -0.328. The Morgan fingerprint density at radius 2 is 2.06 bits per heavy atom. The summed E-state index contributed by atoms with van der Waals surface area (Å²) in [6.45, 7) is 0.953. The number of hydrogen-bond donors (Lipinski definition) is 4. The third kappa shape index (κ3) is 1.36. The average molecular weight is 221 g/mol. The van der Waals surface area contributed by atoms with Gasteiger partial charge in [0.1, 0.15) is 11.3 Å². The molecule has 3 heterocycles. The van der Waals surface area contributed by atoms with E-state index in [1.807, 2.05) is 0 Å². The first-order valence-electron chi connectivity index (χ1n) is 5.19. The summed E-state index contributed by atoms with van der Waals surface area (Å²) < 4.78 is 0. The lowest BCUT2D eigenvalue weighted by Gasteiger charge is -2.04. The fourth-order valence-electron chi connectivity index (χ4n) is 2.03. The maximum atomic E-state index is 11.5. The SMILES string of the molecule is O=c1[nH]c(=O)c2[nH]c(C3CCCN3)nc2[nH]1. The Kier molecular flexibility index (Phi) is 1.93. The Hall–Kier alpha value is -1.89. The van der Waals surface area contributed by atoms with Crippen LogP contribution in [0, 0.1) is 0 Å². The molecule has 1 saturated heterocycles. The van der Waals surface area contributed by atoms with E-state index in [1.165, 1.54) is 0 Å². The summed E-state index contributed by atoms with van der Waals surface area (Å²) in [5.74, 6) is 0.708. The van der Waals surface area contributed by atoms with Crippen LogP contribution in [0.2, 0.25) is 0 Å². The molecule has 16 heavy (non-hydrogen) atoms. The Labute approximate surface area is 89.3 Å². The second-order valence-electron chi connectivity index (χ2n) is 3.90. The second-order valence-corrected chi connectivity index (χ2v) is 3.90. The topological polar surface area (TPSA) is 106 Å². The number of aromatic nitrogens is 4. The highest BCUT2D eigenvalue weighted by atomic mass is 16.2. The number of hydrogen-bond acceptors (Lipinski definition) is 4. The number of fused-ring (bicyclic) bond motifs is 1. The first-order valence-corrected chi connectivity index (χ1v) is 5.19. The average Bonchev–Trinajstić information content (AvgIpc) is 2.82. The monoisotopic (exact) mass is 221 g/mol. The van der Waals surface area contributed by atoms with Gasteiger partial charge in [0, 0.05) is 0 Å². The second kappa shape index (κ2) is 3.31. The Morgan fingerprint density at radius 1 is 1.19 bits per heavy atom. The Balaban J connectivity index is 2.18. The third-order valence-corrected chi connectivity index (χ3v) is 2.80. The van der Waals surface area contributed by atoms with Crippen molar-refractivity contribution in [3.63, 3.8) is 0 Å². The van der Waals surface area contributed by atoms with E-state index >= 15 is 0 Å². The van der Waals surface area contributed by atoms with Gasteiger partial charge in [-0.15, -0.1) is 0 Å². The van der Waals surface area contributed by atoms with Crippen molar-refractivity contribution in [3.8, 4) is 0 Å². The van der Waals surface area contributed by atoms with Crippen LogP contribution in [-0.4, -0.2) is 26.5 Å². The summed E-state index contributed by atoms with van der Waals surface area (Å²) in [6, 6.07) is 0.148. The van der Waals surface area contributed by atoms with Gasteiger partial charge in [0.05, 0.1) is 6.04 Å². The zero-order valence-corrected chi connectivity index (χ0v) is 8.46. The van der Waals surface area contributed by atoms with Crippen LogP contribution in [0.5, 0.6) is 0 Å². The number of H-pyrrole nitrogens is 3. The predicted octanol–water partition coefficient (Wildman–Crippen LogP) is -0.636. The van der Waals surface area contributed by atoms with Crippen LogP contribution in [0.4, 0.5) is 0 Å². The van der Waals surface area contributed by atoms with Crippen molar-refractivity contribution < 1.29 is 0 Å². The van der Waals surface area contributed by atoms with Crippen molar-refractivity contribution in [2.45, 2.75) is 18.9 Å². The molecule has 0 saturated carbocycles. The molecular weight excluding hydrogens is 210 g/mol. The van der Waals surface area contributed by atoms with Crippen LogP contribution in [0.25, 0.3) is 11.2 Å². The normalized spacial score (nSPS) is 20.6. The van der Waals surface area contributed by atoms with Crippen molar-refractivity contribution in [2.75, 3.05) is 6.54 Å². The van der Waals surface area contributed by atoms with Crippen LogP contribution in [0.3, 0.4) is 0 Å². The highest BCUT2D eigenvalue weighted by Gasteiger charge is 2.20. The summed E-state index contributed by atoms with van der Waals surface area (Å²) in [6.07, 6.45) is 2.08. The summed E-state index contributed by atoms with van der Waals surface area (Å²) >= 11 is 0. The standard InChI is InChI=1S/C9H11N5O2/c15-8-5-7(13-9(16)14-8)12-6(11-5)4-2-1-3-10-4/h4,10H,1-3H2,(H3,11,12,13,14,15,16). The molecule has 7 nitrogen and oxygen atoms in total. The zero-order valence-electron chi connectivity index (χ0n) is 8.46. The molecule has 0 radical (unpaired) electrons. The van der Waals surface area contributed by atoms with E-state index < -0.39 is 11.2 Å². The molecule has 2 aromatic rings. The number of nitrogens with zero attached hydrogens (tertiary/aromatic N) is 1. The fraction of sp³-hybridized carbons (Fsp3) is 0.444. The van der Waals surface area contributed by atoms with E-state index in [0.717, 1.165) is 19.4 Å². The van der Waals surface area contributed by atoms with Gasteiger partial charge < -0.3 is 10.3 Å². The van der Waals surface area contributed by atoms with Crippen molar-refractivity contribution in [2.24, 2.45) is 0 Å². The van der Waals surface area contributed by atoms with Gasteiger partial charge in [0.15, 0.2) is 5.65 Å². The molecule has 0 spiro atoms. The van der Waals surface area contributed by atoms with Crippen molar-refractivity contribution in [1.82, 2.24) is 25.3 Å². The smallest absolute Gasteiger partial charge is 0.327 e. The van der Waals surface area contributed by atoms with Gasteiger partial charge in [0.2, 0.25) is 0 Å². The molecule has 2 aromatic heterocycles. The molecular formula is C9H11N5O2. The quantitative estimate of drug-likeness (QED) is 0.514. The summed E-state index contributed by atoms with van der Waals surface area (Å²) in [5, 5.41) is 3.27. The predicted molar refractivity (Wildman–Crippen MR) is 57.3 cm³/mol. The van der Waals surface area contributed by atoms with Gasteiger partial charge in [0.25, 0.3) is 5.56 Å².